The number of fused-ring (bicyclic) bond motifs is 4. The van der Waals surface area contributed by atoms with Gasteiger partial charge in [-0.2, -0.15) is 0 Å². The number of aliphatic hydroxyl groups excluding tert-OH is 17. The second kappa shape index (κ2) is 28.2. The lowest BCUT2D eigenvalue weighted by atomic mass is 9.30. The van der Waals surface area contributed by atoms with E-state index in [4.69, 9.17) is 66.3 Å². The molecule has 564 valence electrons. The molecule has 7 saturated heterocycles. The highest BCUT2D eigenvalue weighted by atomic mass is 16.8. The zero-order chi connectivity index (χ0) is 71.1. The van der Waals surface area contributed by atoms with Crippen LogP contribution in [0.5, 0.6) is 0 Å². The van der Waals surface area contributed by atoms with E-state index in [1.165, 1.54) is 13.8 Å². The fourth-order valence-corrected chi connectivity index (χ4v) is 20.6. The van der Waals surface area contributed by atoms with E-state index in [9.17, 15) is 91.6 Å². The Morgan fingerprint density at radius 2 is 1.02 bits per heavy atom. The Morgan fingerprint density at radius 3 is 1.64 bits per heavy atom. The number of ether oxygens (including phenoxy) is 14. The van der Waals surface area contributed by atoms with Crippen LogP contribution < -0.4 is 0 Å². The molecule has 7 aliphatic heterocycles. The maximum Gasteiger partial charge on any atom is 0.302 e. The Bertz CT molecular complexity index is 2740. The van der Waals surface area contributed by atoms with Crippen LogP contribution in [0.2, 0.25) is 0 Å². The van der Waals surface area contributed by atoms with Crippen molar-refractivity contribution in [3.63, 3.8) is 0 Å². The number of hydrogen-bond acceptors (Lipinski definition) is 32. The number of esters is 1. The minimum Gasteiger partial charge on any atom is -0.465 e. The Labute approximate surface area is 568 Å². The van der Waals surface area contributed by atoms with Crippen molar-refractivity contribution in [2.24, 2.45) is 50.2 Å². The first kappa shape index (κ1) is 75.9. The predicted molar refractivity (Wildman–Crippen MR) is 325 cm³/mol. The molecule has 5 aliphatic carbocycles. The highest BCUT2D eigenvalue weighted by Crippen LogP contribution is 2.81. The van der Waals surface area contributed by atoms with Crippen LogP contribution in [-0.2, 0) is 71.1 Å². The standard InChI is InChI=1S/C66H108O32/c1-26-38(73)43(78)46(81)55(89-26)96-51-41(76)31(21-69)92-59(53(51)98-54-49(84)50(28(71)22-85-54)95-56-47(82)44(79)39(74)29(19-67)90-56)93-32-23-86-58(52(42(32)77)97-57-48(83)45(80)40(75)30(20-68)91-57)94-37-11-12-62(6)33(60(37,3)4)9-13-63(7)34(62)10-14-66-35-17-61(5,24-87-27(2)70)15-16-65(35,25-88-66)36(72)18-64(63,66)8/h26,28-59,67-69,71-84H,9-25H2,1-8H3. The molecule has 0 aromatic heterocycles. The summed E-state index contributed by atoms with van der Waals surface area (Å²) in [5.41, 5.74) is -2.83. The lowest BCUT2D eigenvalue weighted by Gasteiger charge is -2.75. The van der Waals surface area contributed by atoms with E-state index in [1.54, 1.807) is 0 Å². The van der Waals surface area contributed by atoms with Gasteiger partial charge in [0.1, 0.15) is 128 Å². The number of rotatable bonds is 17. The fourth-order valence-electron chi connectivity index (χ4n) is 20.6. The van der Waals surface area contributed by atoms with Gasteiger partial charge in [0.05, 0.1) is 70.2 Å². The maximum atomic E-state index is 12.9. The van der Waals surface area contributed by atoms with Crippen molar-refractivity contribution in [2.45, 2.75) is 309 Å². The van der Waals surface area contributed by atoms with Crippen LogP contribution in [0.4, 0.5) is 0 Å². The summed E-state index contributed by atoms with van der Waals surface area (Å²) in [6, 6.07) is 0. The van der Waals surface area contributed by atoms with Crippen LogP contribution in [0.25, 0.3) is 0 Å². The molecule has 98 heavy (non-hydrogen) atoms. The normalized spacial score (nSPS) is 56.3. The molecule has 12 rings (SSSR count). The monoisotopic (exact) mass is 1410 g/mol. The van der Waals surface area contributed by atoms with Crippen molar-refractivity contribution in [2.75, 3.05) is 46.2 Å². The SMILES string of the molecule is CC(=O)OCC1(C)CCC23COC4(CCC5C6(C)CCC(OC7OCC(OC8OC(CO)C(O)C(OC9OC(C)C(O)C(O)C9O)C8OC8OCC(O)C(OC9OC(CO)C(O)C(O)C9O)C8O)C(O)C7OC7OC(CO)C(O)C(O)C7O)C(C)(C)C6CCC5(C)C4(C)CC2O)C3C1. The van der Waals surface area contributed by atoms with Crippen LogP contribution in [0, 0.1) is 50.2 Å². The van der Waals surface area contributed by atoms with Gasteiger partial charge >= 0.3 is 5.97 Å². The van der Waals surface area contributed by atoms with Crippen molar-refractivity contribution in [3.8, 4) is 0 Å². The second-order valence-corrected chi connectivity index (χ2v) is 32.2. The third-order valence-corrected chi connectivity index (χ3v) is 26.5. The van der Waals surface area contributed by atoms with Crippen molar-refractivity contribution < 1.29 is 158 Å². The molecule has 32 nitrogen and oxygen atoms in total. The van der Waals surface area contributed by atoms with E-state index in [1.807, 2.05) is 0 Å². The van der Waals surface area contributed by atoms with Gasteiger partial charge < -0.3 is 153 Å². The number of aliphatic hydroxyl groups is 17. The highest BCUT2D eigenvalue weighted by molar-refractivity contribution is 5.65. The van der Waals surface area contributed by atoms with Gasteiger partial charge in [0.15, 0.2) is 37.7 Å². The fraction of sp³-hybridized carbons (Fsp3) is 0.985. The van der Waals surface area contributed by atoms with Crippen molar-refractivity contribution in [1.82, 2.24) is 0 Å². The van der Waals surface area contributed by atoms with Gasteiger partial charge in [-0.05, 0) is 105 Å². The van der Waals surface area contributed by atoms with Crippen LogP contribution in [-0.4, -0.2) is 329 Å². The maximum absolute atomic E-state index is 12.9. The van der Waals surface area contributed by atoms with E-state index in [0.717, 1.165) is 44.9 Å². The average Bonchev–Trinajstić information content (AvgIpc) is 1.29. The topological polar surface area (TPSA) is 490 Å². The molecule has 0 aromatic carbocycles. The molecule has 5 saturated carbocycles. The molecule has 32 heteroatoms. The molecule has 39 unspecified atom stereocenters. The second-order valence-electron chi connectivity index (χ2n) is 32.2. The third kappa shape index (κ3) is 12.5. The first-order chi connectivity index (χ1) is 46.1. The van der Waals surface area contributed by atoms with E-state index in [2.05, 4.69) is 41.5 Å². The van der Waals surface area contributed by atoms with Gasteiger partial charge in [-0.3, -0.25) is 4.79 Å². The van der Waals surface area contributed by atoms with Crippen molar-refractivity contribution in [1.29, 1.82) is 0 Å². The summed E-state index contributed by atoms with van der Waals surface area (Å²) >= 11 is 0. The van der Waals surface area contributed by atoms with Crippen molar-refractivity contribution in [3.05, 3.63) is 0 Å². The Kier molecular flexibility index (Phi) is 21.9. The zero-order valence-corrected chi connectivity index (χ0v) is 56.8. The minimum atomic E-state index is -2.12. The number of carbonyl (C=O) groups is 1. The number of hydrogen-bond donors (Lipinski definition) is 17. The Hall–Kier alpha value is -1.73. The molecule has 0 aromatic rings. The quantitative estimate of drug-likeness (QED) is 0.0480. The largest absolute Gasteiger partial charge is 0.465 e. The smallest absolute Gasteiger partial charge is 0.302 e. The predicted octanol–water partition coefficient (Wildman–Crippen LogP) is -4.85. The van der Waals surface area contributed by atoms with Gasteiger partial charge in [0.2, 0.25) is 0 Å². The summed E-state index contributed by atoms with van der Waals surface area (Å²) in [5.74, 6) is -0.0580. The third-order valence-electron chi connectivity index (χ3n) is 26.5. The Balaban J connectivity index is 0.818. The highest BCUT2D eigenvalue weighted by Gasteiger charge is 2.80. The van der Waals surface area contributed by atoms with Crippen LogP contribution in [0.1, 0.15) is 120 Å². The summed E-state index contributed by atoms with van der Waals surface area (Å²) in [6.07, 6.45) is -44.8. The molecular formula is C66H108O32. The number of carbonyl (C=O) groups excluding carboxylic acids is 1. The van der Waals surface area contributed by atoms with Crippen molar-refractivity contribution >= 4 is 5.97 Å². The first-order valence-corrected chi connectivity index (χ1v) is 35.0. The molecule has 7 heterocycles. The molecule has 1 spiro atoms. The molecular weight excluding hydrogens is 1300 g/mol. The summed E-state index contributed by atoms with van der Waals surface area (Å²) in [7, 11) is 0. The minimum absolute atomic E-state index is 0.0317. The van der Waals surface area contributed by atoms with Crippen LogP contribution >= 0.6 is 0 Å². The van der Waals surface area contributed by atoms with Gasteiger partial charge in [-0.1, -0.05) is 41.5 Å². The van der Waals surface area contributed by atoms with E-state index in [0.29, 0.717) is 32.5 Å². The Morgan fingerprint density at radius 1 is 0.469 bits per heavy atom. The summed E-state index contributed by atoms with van der Waals surface area (Å²) in [6.45, 7) is 13.2. The van der Waals surface area contributed by atoms with Crippen LogP contribution in [0.15, 0.2) is 0 Å². The van der Waals surface area contributed by atoms with E-state index < -0.39 is 239 Å². The zero-order valence-electron chi connectivity index (χ0n) is 56.8. The molecule has 12 aliphatic rings. The lowest BCUT2D eigenvalue weighted by Crippen LogP contribution is -2.74. The molecule has 17 N–H and O–H groups in total. The van der Waals surface area contributed by atoms with Gasteiger partial charge in [-0.25, -0.2) is 0 Å². The molecule has 2 bridgehead atoms. The molecule has 0 radical (unpaired) electrons. The van der Waals surface area contributed by atoms with Gasteiger partial charge in [0, 0.05) is 23.2 Å². The molecule has 39 atom stereocenters. The summed E-state index contributed by atoms with van der Waals surface area (Å²) in [4.78, 5) is 12.1. The summed E-state index contributed by atoms with van der Waals surface area (Å²) in [5, 5.41) is 189. The van der Waals surface area contributed by atoms with Gasteiger partial charge in [-0.15, -0.1) is 0 Å². The van der Waals surface area contributed by atoms with E-state index >= 15 is 0 Å². The van der Waals surface area contributed by atoms with Gasteiger partial charge in [0.25, 0.3) is 0 Å². The average molecular weight is 1410 g/mol. The molecule has 0 amide bonds. The summed E-state index contributed by atoms with van der Waals surface area (Å²) < 4.78 is 86.9. The first-order valence-electron chi connectivity index (χ1n) is 35.0. The van der Waals surface area contributed by atoms with Crippen LogP contribution in [0.3, 0.4) is 0 Å². The van der Waals surface area contributed by atoms with E-state index in [-0.39, 0.29) is 40.0 Å². The lowest BCUT2D eigenvalue weighted by molar-refractivity contribution is -0.407. The molecule has 12 fully saturated rings.